The quantitative estimate of drug-likeness (QED) is 0.783. The highest BCUT2D eigenvalue weighted by Crippen LogP contribution is 2.25. The zero-order valence-electron chi connectivity index (χ0n) is 11.5. The van der Waals surface area contributed by atoms with Crippen LogP contribution in [0.3, 0.4) is 0 Å². The van der Waals surface area contributed by atoms with Crippen LogP contribution in [-0.2, 0) is 13.6 Å². The third-order valence-electron chi connectivity index (χ3n) is 3.52. The molecular weight excluding hydrogens is 252 g/mol. The highest BCUT2D eigenvalue weighted by Gasteiger charge is 2.11. The number of rotatable bonds is 3. The van der Waals surface area contributed by atoms with E-state index < -0.39 is 0 Å². The van der Waals surface area contributed by atoms with Gasteiger partial charge >= 0.3 is 0 Å². The minimum absolute atomic E-state index is 0.699. The Labute approximate surface area is 116 Å². The molecule has 0 aliphatic heterocycles. The second-order valence-corrected chi connectivity index (χ2v) is 4.75. The molecule has 0 aliphatic carbocycles. The number of hydrogen-bond acceptors (Lipinski definition) is 4. The number of nitrogens with zero attached hydrogens (tertiary/aromatic N) is 5. The summed E-state index contributed by atoms with van der Waals surface area (Å²) in [4.78, 5) is 8.36. The summed E-state index contributed by atoms with van der Waals surface area (Å²) in [7, 11) is 1.94. The summed E-state index contributed by atoms with van der Waals surface area (Å²) in [6, 6.07) is 1.79. The summed E-state index contributed by atoms with van der Waals surface area (Å²) in [5.74, 6) is 0. The Morgan fingerprint density at radius 2 is 2.05 bits per heavy atom. The maximum atomic E-state index is 6.01. The molecule has 2 N–H and O–H groups in total. The summed E-state index contributed by atoms with van der Waals surface area (Å²) in [6.07, 6.45) is 8.93. The minimum Gasteiger partial charge on any atom is -0.398 e. The molecule has 3 aromatic rings. The molecule has 3 rings (SSSR count). The van der Waals surface area contributed by atoms with Crippen LogP contribution in [0.25, 0.3) is 11.3 Å². The molecule has 0 spiro atoms. The maximum Gasteiger partial charge on any atom is 0.0954 e. The third kappa shape index (κ3) is 2.05. The van der Waals surface area contributed by atoms with E-state index in [0.29, 0.717) is 12.2 Å². The predicted octanol–water partition coefficient (Wildman–Crippen LogP) is 1.62. The lowest BCUT2D eigenvalue weighted by atomic mass is 10.2. The van der Waals surface area contributed by atoms with E-state index in [2.05, 4.69) is 26.6 Å². The van der Waals surface area contributed by atoms with Gasteiger partial charge in [0, 0.05) is 41.9 Å². The first-order valence-corrected chi connectivity index (χ1v) is 6.34. The summed E-state index contributed by atoms with van der Waals surface area (Å²) in [5.41, 5.74) is 10.9. The van der Waals surface area contributed by atoms with Gasteiger partial charge in [0.05, 0.1) is 31.0 Å². The van der Waals surface area contributed by atoms with E-state index in [1.807, 2.05) is 17.9 Å². The molecule has 0 aromatic carbocycles. The van der Waals surface area contributed by atoms with Crippen LogP contribution in [-0.4, -0.2) is 24.3 Å². The van der Waals surface area contributed by atoms with Crippen molar-refractivity contribution >= 4 is 5.69 Å². The summed E-state index contributed by atoms with van der Waals surface area (Å²) in [6.45, 7) is 2.76. The van der Waals surface area contributed by atoms with Crippen LogP contribution in [0.1, 0.15) is 11.3 Å². The standard InChI is InChI=1S/C14H16N6/c1-10-11(5-18-19(10)2)8-20-9-17-7-14(20)12-6-16-4-3-13(12)15/h3-7,9H,8H2,1-2H3,(H2,15,16). The van der Waals surface area contributed by atoms with Gasteiger partial charge in [0.2, 0.25) is 0 Å². The SMILES string of the molecule is Cc1c(Cn2cncc2-c2cnccc2N)cnn1C. The van der Waals surface area contributed by atoms with Gasteiger partial charge in [-0.3, -0.25) is 9.67 Å². The van der Waals surface area contributed by atoms with E-state index in [1.54, 1.807) is 31.0 Å². The lowest BCUT2D eigenvalue weighted by Crippen LogP contribution is -2.03. The van der Waals surface area contributed by atoms with Crippen molar-refractivity contribution in [3.63, 3.8) is 0 Å². The van der Waals surface area contributed by atoms with Crippen molar-refractivity contribution in [2.45, 2.75) is 13.5 Å². The highest BCUT2D eigenvalue weighted by atomic mass is 15.3. The summed E-state index contributed by atoms with van der Waals surface area (Å²) in [5, 5.41) is 4.26. The number of nitrogen functional groups attached to an aromatic ring is 1. The van der Waals surface area contributed by atoms with Gasteiger partial charge < -0.3 is 10.3 Å². The Kier molecular flexibility index (Phi) is 2.98. The van der Waals surface area contributed by atoms with Crippen molar-refractivity contribution in [3.8, 4) is 11.3 Å². The maximum absolute atomic E-state index is 6.01. The fraction of sp³-hybridized carbons (Fsp3) is 0.214. The van der Waals surface area contributed by atoms with E-state index in [-0.39, 0.29) is 0 Å². The second-order valence-electron chi connectivity index (χ2n) is 4.75. The second kappa shape index (κ2) is 4.80. The lowest BCUT2D eigenvalue weighted by Gasteiger charge is -2.09. The van der Waals surface area contributed by atoms with Crippen molar-refractivity contribution in [2.24, 2.45) is 7.05 Å². The smallest absolute Gasteiger partial charge is 0.0954 e. The predicted molar refractivity (Wildman–Crippen MR) is 76.9 cm³/mol. The molecule has 6 nitrogen and oxygen atoms in total. The minimum atomic E-state index is 0.699. The average Bonchev–Trinajstić information content (AvgIpc) is 3.02. The summed E-state index contributed by atoms with van der Waals surface area (Å²) >= 11 is 0. The van der Waals surface area contributed by atoms with Crippen molar-refractivity contribution in [1.82, 2.24) is 24.3 Å². The molecule has 0 amide bonds. The van der Waals surface area contributed by atoms with E-state index in [4.69, 9.17) is 5.73 Å². The zero-order valence-corrected chi connectivity index (χ0v) is 11.5. The van der Waals surface area contributed by atoms with Crippen molar-refractivity contribution in [3.05, 3.63) is 48.4 Å². The van der Waals surface area contributed by atoms with E-state index in [9.17, 15) is 0 Å². The molecule has 3 heterocycles. The van der Waals surface area contributed by atoms with Gasteiger partial charge in [0.1, 0.15) is 0 Å². The zero-order chi connectivity index (χ0) is 14.1. The number of pyridine rings is 1. The van der Waals surface area contributed by atoms with Crippen LogP contribution in [0, 0.1) is 6.92 Å². The number of aryl methyl sites for hydroxylation is 1. The van der Waals surface area contributed by atoms with Gasteiger partial charge in [0.15, 0.2) is 0 Å². The van der Waals surface area contributed by atoms with Gasteiger partial charge in [0.25, 0.3) is 0 Å². The molecule has 0 unspecified atom stereocenters. The molecule has 0 atom stereocenters. The van der Waals surface area contributed by atoms with Crippen LogP contribution in [0.4, 0.5) is 5.69 Å². The third-order valence-corrected chi connectivity index (χ3v) is 3.52. The van der Waals surface area contributed by atoms with Gasteiger partial charge in [-0.25, -0.2) is 4.98 Å². The van der Waals surface area contributed by atoms with Crippen LogP contribution in [0.2, 0.25) is 0 Å². The number of imidazole rings is 1. The first-order chi connectivity index (χ1) is 9.66. The molecular formula is C14H16N6. The summed E-state index contributed by atoms with van der Waals surface area (Å²) < 4.78 is 3.92. The monoisotopic (exact) mass is 268 g/mol. The molecule has 0 bridgehead atoms. The molecule has 6 heteroatoms. The largest absolute Gasteiger partial charge is 0.398 e. The molecule has 0 radical (unpaired) electrons. The molecule has 20 heavy (non-hydrogen) atoms. The van der Waals surface area contributed by atoms with Crippen molar-refractivity contribution < 1.29 is 0 Å². The van der Waals surface area contributed by atoms with E-state index in [0.717, 1.165) is 22.5 Å². The fourth-order valence-electron chi connectivity index (χ4n) is 2.17. The number of aromatic nitrogens is 5. The number of hydrogen-bond donors (Lipinski definition) is 1. The lowest BCUT2D eigenvalue weighted by molar-refractivity contribution is 0.732. The van der Waals surface area contributed by atoms with E-state index >= 15 is 0 Å². The van der Waals surface area contributed by atoms with Crippen molar-refractivity contribution in [2.75, 3.05) is 5.73 Å². The molecule has 0 aliphatic rings. The Morgan fingerprint density at radius 1 is 1.20 bits per heavy atom. The van der Waals surface area contributed by atoms with Gasteiger partial charge in [-0.2, -0.15) is 5.10 Å². The molecule has 102 valence electrons. The van der Waals surface area contributed by atoms with E-state index in [1.165, 1.54) is 0 Å². The van der Waals surface area contributed by atoms with Crippen LogP contribution >= 0.6 is 0 Å². The normalized spacial score (nSPS) is 10.9. The van der Waals surface area contributed by atoms with Crippen LogP contribution < -0.4 is 5.73 Å². The molecule has 0 saturated carbocycles. The van der Waals surface area contributed by atoms with Gasteiger partial charge in [-0.05, 0) is 13.0 Å². The van der Waals surface area contributed by atoms with Crippen LogP contribution in [0.5, 0.6) is 0 Å². The number of anilines is 1. The van der Waals surface area contributed by atoms with Gasteiger partial charge in [-0.15, -0.1) is 0 Å². The molecule has 3 aromatic heterocycles. The first-order valence-electron chi connectivity index (χ1n) is 6.34. The number of nitrogens with two attached hydrogens (primary N) is 1. The Balaban J connectivity index is 1.99. The Hall–Kier alpha value is -2.63. The average molecular weight is 268 g/mol. The van der Waals surface area contributed by atoms with Crippen molar-refractivity contribution in [1.29, 1.82) is 0 Å². The fourth-order valence-corrected chi connectivity index (χ4v) is 2.17. The first kappa shape index (κ1) is 12.4. The molecule has 0 fully saturated rings. The van der Waals surface area contributed by atoms with Gasteiger partial charge in [-0.1, -0.05) is 0 Å². The Morgan fingerprint density at radius 3 is 2.75 bits per heavy atom. The Bertz CT molecular complexity index is 740. The molecule has 0 saturated heterocycles. The topological polar surface area (TPSA) is 74.6 Å². The highest BCUT2D eigenvalue weighted by molar-refractivity contribution is 5.72. The van der Waals surface area contributed by atoms with Crippen LogP contribution in [0.15, 0.2) is 37.2 Å².